The van der Waals surface area contributed by atoms with Crippen LogP contribution in [0.25, 0.3) is 0 Å². The fourth-order valence-corrected chi connectivity index (χ4v) is 24.2. The van der Waals surface area contributed by atoms with Crippen molar-refractivity contribution >= 4 is 17.7 Å². The molecule has 0 aromatic rings. The molecule has 14 rings (SSSR count). The van der Waals surface area contributed by atoms with Crippen molar-refractivity contribution < 1.29 is 138 Å². The van der Waals surface area contributed by atoms with Gasteiger partial charge in [-0.05, 0) is 178 Å². The zero-order valence-corrected chi connectivity index (χ0v) is 64.2. The van der Waals surface area contributed by atoms with Gasteiger partial charge in [0.2, 0.25) is 6.29 Å². The number of fused-ring (bicyclic) bond motifs is 12. The number of Topliss-reactive ketones (excluding diaryl/α,β-unsaturated/α-hetero) is 1. The Hall–Kier alpha value is -2.83. The minimum atomic E-state index is -1.93. The van der Waals surface area contributed by atoms with Gasteiger partial charge in [0.15, 0.2) is 31.3 Å². The molecule has 14 N–H and O–H groups in total. The summed E-state index contributed by atoms with van der Waals surface area (Å²) in [7, 11) is 0. The molecule has 7 saturated carbocycles. The first-order valence-corrected chi connectivity index (χ1v) is 39.7. The van der Waals surface area contributed by atoms with Crippen LogP contribution in [0.5, 0.6) is 0 Å². The number of hydrogen-bond acceptors (Lipinski definition) is 28. The zero-order valence-electron chi connectivity index (χ0n) is 64.2. The van der Waals surface area contributed by atoms with E-state index in [1.165, 1.54) is 25.8 Å². The van der Waals surface area contributed by atoms with Crippen molar-refractivity contribution in [2.24, 2.45) is 78.8 Å². The molecule has 5 heterocycles. The molecule has 5 saturated heterocycles. The summed E-state index contributed by atoms with van der Waals surface area (Å²) in [5.41, 5.74) is -0.541. The van der Waals surface area contributed by atoms with Gasteiger partial charge in [-0.1, -0.05) is 85.6 Å². The lowest BCUT2D eigenvalue weighted by Crippen LogP contribution is -2.68. The number of allylic oxidation sites excluding steroid dienone is 3. The molecule has 0 amide bonds. The zero-order chi connectivity index (χ0) is 77.7. The van der Waals surface area contributed by atoms with Gasteiger partial charge in [-0.15, -0.1) is 0 Å². The summed E-state index contributed by atoms with van der Waals surface area (Å²) >= 11 is 0. The molecule has 107 heavy (non-hydrogen) atoms. The van der Waals surface area contributed by atoms with Crippen molar-refractivity contribution in [3.8, 4) is 0 Å². The summed E-state index contributed by atoms with van der Waals surface area (Å²) in [5.74, 6) is 1.33. The molecule has 28 nitrogen and oxygen atoms in total. The van der Waals surface area contributed by atoms with Crippen LogP contribution < -0.4 is 0 Å². The van der Waals surface area contributed by atoms with Gasteiger partial charge in [0.1, 0.15) is 109 Å². The SMILES string of the molecule is CC(=O)OC1CCC2(C)C(=CCC3C4CCC(=O)C4(C)CCC32)C1.CC1OC(OC2CCC3(C)C(CCC4(C)C3CC=C3C5CC(C)(C)CCC5(C(=O)OC5OCC(O)C(O)C5OC5OC(C)C(OC6OC(CO)C(O)C(O)C6O)C(O)C5O)C(O)CC34C)C2(C)C)C(O)C(O)C1OC1OCC(O)C(O)C1O. The van der Waals surface area contributed by atoms with Crippen LogP contribution >= 0.6 is 0 Å². The van der Waals surface area contributed by atoms with Crippen LogP contribution in [0, 0.1) is 78.8 Å². The minimum absolute atomic E-state index is 0.0438. The van der Waals surface area contributed by atoms with E-state index in [0.29, 0.717) is 49.2 Å². The summed E-state index contributed by atoms with van der Waals surface area (Å²) in [6, 6.07) is 0. The monoisotopic (exact) mass is 1520 g/mol. The van der Waals surface area contributed by atoms with E-state index in [2.05, 4.69) is 74.5 Å². The highest BCUT2D eigenvalue weighted by Crippen LogP contribution is 2.76. The number of aliphatic hydroxyl groups is 14. The normalized spacial score (nSPS) is 53.4. The number of rotatable bonds is 12. The molecule has 0 aromatic carbocycles. The molecule has 0 radical (unpaired) electrons. The molecule has 608 valence electrons. The van der Waals surface area contributed by atoms with E-state index in [1.807, 2.05) is 0 Å². The van der Waals surface area contributed by atoms with E-state index in [1.54, 1.807) is 6.92 Å². The van der Waals surface area contributed by atoms with Crippen LogP contribution in [-0.4, -0.2) is 269 Å². The van der Waals surface area contributed by atoms with Crippen molar-refractivity contribution in [2.45, 2.75) is 352 Å². The standard InChI is InChI=1S/C58H94O25.C21H30O3/c1-23-44(80-47-40(69)34(63)27(60)21-74-47)38(67)42(71)48(76-23)79-33-13-14-55(7)30(54(33,5)6)12-15-56(8)31(55)11-10-25-26-18-53(3,4)16-17-58(26,32(62)19-57(25,56)9)52(73)83-51-46(35(64)28(61)22-75-51)82-49-43(72)39(68)45(24(2)77-49)81-50-41(70)37(66)36(65)29(20-59)78-50;1-13(22)24-15-8-10-20(2)14(12-15)4-5-16-17-6-7-19(23)21(17,3)11-9-18(16)20/h10,23-24,26-51,59-72H,11-22H2,1-9H3;4,15-18H,5-12H2,1-3H3. The fourth-order valence-electron chi connectivity index (χ4n) is 24.2. The lowest BCUT2D eigenvalue weighted by atomic mass is 9.33. The van der Waals surface area contributed by atoms with Crippen molar-refractivity contribution in [2.75, 3.05) is 19.8 Å². The number of aliphatic hydroxyl groups excluding tert-OH is 14. The van der Waals surface area contributed by atoms with Crippen LogP contribution in [0.2, 0.25) is 0 Å². The average molecular weight is 1520 g/mol. The summed E-state index contributed by atoms with van der Waals surface area (Å²) in [4.78, 5) is 39.1. The van der Waals surface area contributed by atoms with Crippen LogP contribution in [0.4, 0.5) is 0 Å². The molecule has 5 aliphatic heterocycles. The first-order valence-electron chi connectivity index (χ1n) is 39.7. The second-order valence-corrected chi connectivity index (χ2v) is 37.4. The summed E-state index contributed by atoms with van der Waals surface area (Å²) in [6.45, 7) is 23.4. The Kier molecular flexibility index (Phi) is 23.1. The Morgan fingerprint density at radius 1 is 0.533 bits per heavy atom. The second kappa shape index (κ2) is 30.1. The second-order valence-electron chi connectivity index (χ2n) is 37.4. The molecule has 0 aromatic heterocycles. The number of carbonyl (C=O) groups excluding carboxylic acids is 3. The van der Waals surface area contributed by atoms with Crippen molar-refractivity contribution in [1.29, 1.82) is 0 Å². The molecular formula is C79H124O28. The van der Waals surface area contributed by atoms with Crippen LogP contribution in [0.1, 0.15) is 192 Å². The van der Waals surface area contributed by atoms with Crippen molar-refractivity contribution in [1.82, 2.24) is 0 Å². The summed E-state index contributed by atoms with van der Waals surface area (Å²) in [6.07, 6.45) is -18.4. The molecule has 0 bridgehead atoms. The van der Waals surface area contributed by atoms with Crippen molar-refractivity contribution in [3.05, 3.63) is 23.3 Å². The highest BCUT2D eigenvalue weighted by atomic mass is 16.8. The largest absolute Gasteiger partial charge is 0.462 e. The molecule has 0 spiro atoms. The molecule has 38 unspecified atom stereocenters. The van der Waals surface area contributed by atoms with E-state index in [-0.39, 0.29) is 70.4 Å². The van der Waals surface area contributed by atoms with Gasteiger partial charge in [-0.2, -0.15) is 0 Å². The maximum absolute atomic E-state index is 15.4. The molecular weight excluding hydrogens is 1400 g/mol. The first kappa shape index (κ1) is 82.2. The van der Waals surface area contributed by atoms with Crippen LogP contribution in [0.3, 0.4) is 0 Å². The quantitative estimate of drug-likeness (QED) is 0.0758. The van der Waals surface area contributed by atoms with Gasteiger partial charge in [-0.25, -0.2) is 0 Å². The number of ketones is 1. The fraction of sp³-hybridized carbons (Fsp3) is 0.911. The van der Waals surface area contributed by atoms with Gasteiger partial charge in [-0.3, -0.25) is 14.4 Å². The Labute approximate surface area is 627 Å². The van der Waals surface area contributed by atoms with E-state index in [0.717, 1.165) is 69.8 Å². The van der Waals surface area contributed by atoms with E-state index in [4.69, 9.17) is 52.1 Å². The Bertz CT molecular complexity index is 3280. The van der Waals surface area contributed by atoms with Gasteiger partial charge in [0, 0.05) is 25.2 Å². The molecule has 38 atom stereocenters. The van der Waals surface area contributed by atoms with Gasteiger partial charge < -0.3 is 124 Å². The summed E-state index contributed by atoms with van der Waals surface area (Å²) < 4.78 is 65.1. The predicted molar refractivity (Wildman–Crippen MR) is 374 cm³/mol. The number of esters is 2. The lowest BCUT2D eigenvalue weighted by molar-refractivity contribution is -0.374. The smallest absolute Gasteiger partial charge is 0.317 e. The minimum Gasteiger partial charge on any atom is -0.462 e. The van der Waals surface area contributed by atoms with E-state index >= 15 is 4.79 Å². The van der Waals surface area contributed by atoms with Crippen molar-refractivity contribution in [3.63, 3.8) is 0 Å². The Morgan fingerprint density at radius 2 is 1.11 bits per heavy atom. The third-order valence-electron chi connectivity index (χ3n) is 30.8. The van der Waals surface area contributed by atoms with Crippen LogP contribution in [-0.2, 0) is 66.5 Å². The average Bonchev–Trinajstić information content (AvgIpc) is 0.717. The van der Waals surface area contributed by atoms with Gasteiger partial charge >= 0.3 is 11.9 Å². The Morgan fingerprint density at radius 3 is 1.77 bits per heavy atom. The molecule has 9 aliphatic carbocycles. The maximum atomic E-state index is 15.4. The summed E-state index contributed by atoms with van der Waals surface area (Å²) in [5, 5.41) is 152. The topological polar surface area (TPSA) is 436 Å². The third-order valence-corrected chi connectivity index (χ3v) is 30.8. The molecule has 28 heteroatoms. The maximum Gasteiger partial charge on any atom is 0.317 e. The predicted octanol–water partition coefficient (Wildman–Crippen LogP) is 2.54. The lowest BCUT2D eigenvalue weighted by Gasteiger charge is -2.71. The number of hydrogen-bond donors (Lipinski definition) is 14. The highest BCUT2D eigenvalue weighted by molar-refractivity contribution is 5.87. The van der Waals surface area contributed by atoms with Gasteiger partial charge in [0.25, 0.3) is 0 Å². The molecule has 12 fully saturated rings. The van der Waals surface area contributed by atoms with Gasteiger partial charge in [0.05, 0.1) is 44.2 Å². The Balaban J connectivity index is 0.000000353. The number of ether oxygens (including phenoxy) is 11. The van der Waals surface area contributed by atoms with Crippen LogP contribution in [0.15, 0.2) is 23.3 Å². The van der Waals surface area contributed by atoms with E-state index < -0.39 is 195 Å². The number of carbonyl (C=O) groups is 3. The highest BCUT2D eigenvalue weighted by Gasteiger charge is 2.73. The van der Waals surface area contributed by atoms with E-state index in [9.17, 15) is 81.1 Å². The first-order chi connectivity index (χ1) is 50.1. The third kappa shape index (κ3) is 13.8. The molecule has 14 aliphatic rings.